The second kappa shape index (κ2) is 4.05. The Balaban J connectivity index is 1.90. The molecule has 0 atom stereocenters. The monoisotopic (exact) mass is 243 g/mol. The Bertz CT molecular complexity index is 598. The second-order valence-electron chi connectivity index (χ2n) is 5.14. The van der Waals surface area contributed by atoms with Crippen molar-refractivity contribution in [2.24, 2.45) is 5.92 Å². The van der Waals surface area contributed by atoms with Gasteiger partial charge >= 0.3 is 0 Å². The number of H-pyrrole nitrogens is 1. The summed E-state index contributed by atoms with van der Waals surface area (Å²) in [7, 11) is 1.87. The smallest absolute Gasteiger partial charge is 0.255 e. The molecule has 94 valence electrons. The second-order valence-corrected chi connectivity index (χ2v) is 5.14. The lowest BCUT2D eigenvalue weighted by molar-refractivity contribution is 0.0790. The van der Waals surface area contributed by atoms with Gasteiger partial charge in [-0.05, 0) is 37.0 Å². The Kier molecular flexibility index (Phi) is 2.51. The lowest BCUT2D eigenvalue weighted by Gasteiger charge is -2.16. The normalized spacial score (nSPS) is 14.9. The van der Waals surface area contributed by atoms with Crippen LogP contribution in [0.2, 0.25) is 0 Å². The van der Waals surface area contributed by atoms with Crippen molar-refractivity contribution < 1.29 is 4.79 Å². The van der Waals surface area contributed by atoms with E-state index >= 15 is 0 Å². The zero-order valence-electron chi connectivity index (χ0n) is 10.4. The van der Waals surface area contributed by atoms with E-state index in [0.29, 0.717) is 11.6 Å². The molecule has 1 saturated carbocycles. The van der Waals surface area contributed by atoms with Crippen LogP contribution in [0.15, 0.2) is 24.4 Å². The van der Waals surface area contributed by atoms with Crippen LogP contribution in [0.5, 0.6) is 0 Å². The molecule has 1 fully saturated rings. The number of amides is 1. The summed E-state index contributed by atoms with van der Waals surface area (Å²) in [5.41, 5.74) is 8.08. The maximum Gasteiger partial charge on any atom is 0.255 e. The molecule has 1 aliphatic carbocycles. The SMILES string of the molecule is CN(CC1CC1)C(=O)c1c[nH]c2cc(N)ccc12. The molecular formula is C14H17N3O. The summed E-state index contributed by atoms with van der Waals surface area (Å²) < 4.78 is 0. The van der Waals surface area contributed by atoms with Crippen molar-refractivity contribution in [3.8, 4) is 0 Å². The number of nitrogens with one attached hydrogen (secondary N) is 1. The van der Waals surface area contributed by atoms with Crippen molar-refractivity contribution in [1.82, 2.24) is 9.88 Å². The first kappa shape index (κ1) is 11.1. The van der Waals surface area contributed by atoms with Gasteiger partial charge in [-0.25, -0.2) is 0 Å². The zero-order valence-corrected chi connectivity index (χ0v) is 10.4. The molecule has 1 aliphatic rings. The molecule has 1 aromatic heterocycles. The van der Waals surface area contributed by atoms with Crippen molar-refractivity contribution in [2.45, 2.75) is 12.8 Å². The van der Waals surface area contributed by atoms with Crippen molar-refractivity contribution in [1.29, 1.82) is 0 Å². The van der Waals surface area contributed by atoms with Crippen LogP contribution in [0.3, 0.4) is 0 Å². The van der Waals surface area contributed by atoms with Crippen LogP contribution in [0.1, 0.15) is 23.2 Å². The lowest BCUT2D eigenvalue weighted by atomic mass is 10.1. The van der Waals surface area contributed by atoms with Crippen LogP contribution in [0.4, 0.5) is 5.69 Å². The number of hydrogen-bond acceptors (Lipinski definition) is 2. The van der Waals surface area contributed by atoms with E-state index in [9.17, 15) is 4.79 Å². The Labute approximate surface area is 106 Å². The third-order valence-electron chi connectivity index (χ3n) is 3.51. The number of fused-ring (bicyclic) bond motifs is 1. The van der Waals surface area contributed by atoms with Gasteiger partial charge in [0, 0.05) is 36.4 Å². The Morgan fingerprint density at radius 3 is 3.00 bits per heavy atom. The van der Waals surface area contributed by atoms with Crippen molar-refractivity contribution in [3.05, 3.63) is 30.0 Å². The van der Waals surface area contributed by atoms with Crippen LogP contribution in [0, 0.1) is 5.92 Å². The van der Waals surface area contributed by atoms with Crippen LogP contribution < -0.4 is 5.73 Å². The van der Waals surface area contributed by atoms with Gasteiger partial charge in [-0.3, -0.25) is 4.79 Å². The summed E-state index contributed by atoms with van der Waals surface area (Å²) in [4.78, 5) is 17.3. The molecule has 18 heavy (non-hydrogen) atoms. The zero-order chi connectivity index (χ0) is 12.7. The topological polar surface area (TPSA) is 62.1 Å². The van der Waals surface area contributed by atoms with E-state index in [0.717, 1.165) is 23.0 Å². The van der Waals surface area contributed by atoms with E-state index in [1.54, 1.807) is 6.20 Å². The standard InChI is InChI=1S/C14H17N3O/c1-17(8-9-2-3-9)14(18)12-7-16-13-6-10(15)4-5-11(12)13/h4-7,9,16H,2-3,8,15H2,1H3. The molecule has 0 spiro atoms. The molecule has 1 amide bonds. The molecule has 4 nitrogen and oxygen atoms in total. The number of nitrogen functional groups attached to an aromatic ring is 1. The van der Waals surface area contributed by atoms with E-state index in [4.69, 9.17) is 5.73 Å². The molecule has 4 heteroatoms. The molecule has 1 heterocycles. The molecule has 0 bridgehead atoms. The Morgan fingerprint density at radius 1 is 1.50 bits per heavy atom. The minimum absolute atomic E-state index is 0.0814. The predicted molar refractivity (Wildman–Crippen MR) is 72.4 cm³/mol. The van der Waals surface area contributed by atoms with Crippen molar-refractivity contribution in [3.63, 3.8) is 0 Å². The number of carbonyl (C=O) groups is 1. The summed E-state index contributed by atoms with van der Waals surface area (Å²) in [5, 5.41) is 0.942. The van der Waals surface area contributed by atoms with Crippen LogP contribution in [-0.4, -0.2) is 29.4 Å². The number of nitrogens with zero attached hydrogens (tertiary/aromatic N) is 1. The Morgan fingerprint density at radius 2 is 2.28 bits per heavy atom. The average molecular weight is 243 g/mol. The van der Waals surface area contributed by atoms with Gasteiger partial charge in [-0.15, -0.1) is 0 Å². The average Bonchev–Trinajstić information content (AvgIpc) is 3.06. The van der Waals surface area contributed by atoms with E-state index in [1.165, 1.54) is 12.8 Å². The van der Waals surface area contributed by atoms with Gasteiger partial charge in [-0.1, -0.05) is 0 Å². The van der Waals surface area contributed by atoms with Crippen molar-refractivity contribution in [2.75, 3.05) is 19.3 Å². The first-order valence-corrected chi connectivity index (χ1v) is 6.27. The van der Waals surface area contributed by atoms with Crippen LogP contribution in [0.25, 0.3) is 10.9 Å². The first-order chi connectivity index (χ1) is 8.65. The van der Waals surface area contributed by atoms with E-state index in [1.807, 2.05) is 30.1 Å². The third kappa shape index (κ3) is 1.94. The molecular weight excluding hydrogens is 226 g/mol. The summed E-state index contributed by atoms with van der Waals surface area (Å²) in [6, 6.07) is 5.58. The quantitative estimate of drug-likeness (QED) is 0.812. The van der Waals surface area contributed by atoms with Crippen LogP contribution >= 0.6 is 0 Å². The molecule has 3 N–H and O–H groups in total. The molecule has 3 rings (SSSR count). The molecule has 2 aromatic rings. The highest BCUT2D eigenvalue weighted by molar-refractivity contribution is 6.07. The number of aromatic amines is 1. The maximum absolute atomic E-state index is 12.3. The summed E-state index contributed by atoms with van der Waals surface area (Å²) in [5.74, 6) is 0.790. The number of rotatable bonds is 3. The fraction of sp³-hybridized carbons (Fsp3) is 0.357. The first-order valence-electron chi connectivity index (χ1n) is 6.27. The van der Waals surface area contributed by atoms with Gasteiger partial charge in [0.05, 0.1) is 5.56 Å². The fourth-order valence-corrected chi connectivity index (χ4v) is 2.30. The van der Waals surface area contributed by atoms with E-state index in [2.05, 4.69) is 4.98 Å². The molecule has 1 aromatic carbocycles. The highest BCUT2D eigenvalue weighted by Gasteiger charge is 2.26. The number of anilines is 1. The molecule has 0 aliphatic heterocycles. The molecule has 0 radical (unpaired) electrons. The predicted octanol–water partition coefficient (Wildman–Crippen LogP) is 2.23. The van der Waals surface area contributed by atoms with Crippen LogP contribution in [-0.2, 0) is 0 Å². The number of benzene rings is 1. The number of hydrogen-bond donors (Lipinski definition) is 2. The van der Waals surface area contributed by atoms with Gasteiger partial charge in [-0.2, -0.15) is 0 Å². The molecule has 0 saturated heterocycles. The summed E-state index contributed by atoms with van der Waals surface area (Å²) in [6.45, 7) is 0.862. The fourth-order valence-electron chi connectivity index (χ4n) is 2.30. The molecule has 0 unspecified atom stereocenters. The van der Waals surface area contributed by atoms with Gasteiger partial charge in [0.25, 0.3) is 5.91 Å². The van der Waals surface area contributed by atoms with Gasteiger partial charge < -0.3 is 15.6 Å². The van der Waals surface area contributed by atoms with E-state index in [-0.39, 0.29) is 5.91 Å². The highest BCUT2D eigenvalue weighted by Crippen LogP contribution is 2.30. The van der Waals surface area contributed by atoms with E-state index < -0.39 is 0 Å². The number of carbonyl (C=O) groups excluding carboxylic acids is 1. The maximum atomic E-state index is 12.3. The minimum atomic E-state index is 0.0814. The lowest BCUT2D eigenvalue weighted by Crippen LogP contribution is -2.28. The van der Waals surface area contributed by atoms with Gasteiger partial charge in [0.1, 0.15) is 0 Å². The Hall–Kier alpha value is -1.97. The number of aromatic nitrogens is 1. The largest absolute Gasteiger partial charge is 0.399 e. The van der Waals surface area contributed by atoms with Gasteiger partial charge in [0.15, 0.2) is 0 Å². The highest BCUT2D eigenvalue weighted by atomic mass is 16.2. The van der Waals surface area contributed by atoms with Gasteiger partial charge in [0.2, 0.25) is 0 Å². The third-order valence-corrected chi connectivity index (χ3v) is 3.51. The summed E-state index contributed by atoms with van der Waals surface area (Å²) in [6.07, 6.45) is 4.28. The minimum Gasteiger partial charge on any atom is -0.399 e. The van der Waals surface area contributed by atoms with Crippen molar-refractivity contribution >= 4 is 22.5 Å². The number of nitrogens with two attached hydrogens (primary N) is 1. The summed E-state index contributed by atoms with van der Waals surface area (Å²) >= 11 is 0.